The zero-order valence-electron chi connectivity index (χ0n) is 9.80. The summed E-state index contributed by atoms with van der Waals surface area (Å²) in [6.07, 6.45) is 0. The molecule has 0 fully saturated rings. The second-order valence-electron chi connectivity index (χ2n) is 4.37. The molecule has 4 rings (SSSR count). The maximum absolute atomic E-state index is 5.82. The Labute approximate surface area is 109 Å². The van der Waals surface area contributed by atoms with Crippen molar-refractivity contribution in [1.29, 1.82) is 0 Å². The molecule has 3 heteroatoms. The summed E-state index contributed by atoms with van der Waals surface area (Å²) in [5, 5.41) is 1.30. The fourth-order valence-corrected chi connectivity index (χ4v) is 3.69. The molecule has 0 N–H and O–H groups in total. The number of rotatable bonds is 0. The molecule has 2 aromatic carbocycles. The van der Waals surface area contributed by atoms with E-state index < -0.39 is 0 Å². The van der Waals surface area contributed by atoms with Gasteiger partial charge in [0.2, 0.25) is 5.52 Å². The Kier molecular flexibility index (Phi) is 2.14. The number of hydrogen-bond acceptors (Lipinski definition) is 2. The Hall–Kier alpha value is -1.87. The Morgan fingerprint density at radius 2 is 1.83 bits per heavy atom. The Morgan fingerprint density at radius 3 is 2.83 bits per heavy atom. The minimum Gasteiger partial charge on any atom is -0.486 e. The van der Waals surface area contributed by atoms with Crippen LogP contribution in [0, 0.1) is 0 Å². The molecule has 2 nitrogen and oxygen atoms in total. The fraction of sp³-hybridized carbons (Fsp3) is 0.133. The first kappa shape index (κ1) is 10.1. The van der Waals surface area contributed by atoms with Gasteiger partial charge in [0.25, 0.3) is 5.01 Å². The van der Waals surface area contributed by atoms with Crippen LogP contribution in [-0.4, -0.2) is 6.61 Å². The molecule has 88 valence electrons. The van der Waals surface area contributed by atoms with Crippen LogP contribution in [0.4, 0.5) is 0 Å². The molecule has 2 heterocycles. The number of hydrogen-bond donors (Lipinski definition) is 0. The quantitative estimate of drug-likeness (QED) is 0.561. The molecule has 0 aliphatic carbocycles. The summed E-state index contributed by atoms with van der Waals surface area (Å²) in [5.74, 6) is 0.996. The number of fused-ring (bicyclic) bond motifs is 5. The van der Waals surface area contributed by atoms with E-state index in [1.807, 2.05) is 17.4 Å². The van der Waals surface area contributed by atoms with E-state index in [9.17, 15) is 0 Å². The number of nitrogens with zero attached hydrogens (tertiary/aromatic N) is 1. The predicted octanol–water partition coefficient (Wildman–Crippen LogP) is 3.25. The van der Waals surface area contributed by atoms with Crippen molar-refractivity contribution < 1.29 is 9.30 Å². The summed E-state index contributed by atoms with van der Waals surface area (Å²) in [4.78, 5) is 0. The number of para-hydroxylation sites is 2. The molecule has 0 unspecified atom stereocenters. The van der Waals surface area contributed by atoms with Gasteiger partial charge in [-0.2, -0.15) is 4.57 Å². The summed E-state index contributed by atoms with van der Waals surface area (Å²) in [6.45, 7) is 1.64. The van der Waals surface area contributed by atoms with E-state index in [-0.39, 0.29) is 0 Å². The summed E-state index contributed by atoms with van der Waals surface area (Å²) in [6, 6.07) is 16.9. The van der Waals surface area contributed by atoms with Gasteiger partial charge in [-0.15, -0.1) is 0 Å². The van der Waals surface area contributed by atoms with E-state index in [4.69, 9.17) is 4.74 Å². The third kappa shape index (κ3) is 1.37. The zero-order valence-corrected chi connectivity index (χ0v) is 10.6. The Balaban J connectivity index is 2.09. The normalized spacial score (nSPS) is 13.6. The molecule has 0 saturated heterocycles. The molecular formula is C15H12NOS+. The van der Waals surface area contributed by atoms with Crippen LogP contribution in [0.2, 0.25) is 0 Å². The highest BCUT2D eigenvalue weighted by Crippen LogP contribution is 2.35. The summed E-state index contributed by atoms with van der Waals surface area (Å²) < 4.78 is 9.53. The fourth-order valence-electron chi connectivity index (χ4n) is 2.47. The van der Waals surface area contributed by atoms with Gasteiger partial charge in [0.1, 0.15) is 17.1 Å². The van der Waals surface area contributed by atoms with Crippen molar-refractivity contribution in [3.05, 3.63) is 48.5 Å². The lowest BCUT2D eigenvalue weighted by molar-refractivity contribution is -0.656. The Morgan fingerprint density at radius 1 is 1.00 bits per heavy atom. The molecule has 3 aromatic rings. The van der Waals surface area contributed by atoms with Gasteiger partial charge in [0, 0.05) is 6.07 Å². The third-order valence-electron chi connectivity index (χ3n) is 3.30. The van der Waals surface area contributed by atoms with E-state index in [0.717, 1.165) is 18.9 Å². The van der Waals surface area contributed by atoms with Crippen LogP contribution in [0.15, 0.2) is 48.5 Å². The number of aromatic nitrogens is 1. The van der Waals surface area contributed by atoms with E-state index in [2.05, 4.69) is 47.0 Å². The van der Waals surface area contributed by atoms with Crippen LogP contribution in [0.1, 0.15) is 0 Å². The summed E-state index contributed by atoms with van der Waals surface area (Å²) >= 11 is 1.84. The lowest BCUT2D eigenvalue weighted by atomic mass is 10.2. The molecule has 0 spiro atoms. The van der Waals surface area contributed by atoms with Crippen LogP contribution < -0.4 is 9.30 Å². The van der Waals surface area contributed by atoms with Crippen molar-refractivity contribution in [3.63, 3.8) is 0 Å². The van der Waals surface area contributed by atoms with Crippen molar-refractivity contribution in [1.82, 2.24) is 0 Å². The largest absolute Gasteiger partial charge is 0.486 e. The molecule has 1 aliphatic rings. The number of ether oxygens (including phenoxy) is 1. The van der Waals surface area contributed by atoms with Crippen molar-refractivity contribution in [2.24, 2.45) is 0 Å². The van der Waals surface area contributed by atoms with Crippen molar-refractivity contribution >= 4 is 21.6 Å². The van der Waals surface area contributed by atoms with Crippen molar-refractivity contribution in [2.75, 3.05) is 6.61 Å². The predicted molar refractivity (Wildman–Crippen MR) is 73.0 cm³/mol. The smallest absolute Gasteiger partial charge is 0.274 e. The molecule has 0 atom stereocenters. The molecule has 1 aliphatic heterocycles. The van der Waals surface area contributed by atoms with Gasteiger partial charge < -0.3 is 4.74 Å². The van der Waals surface area contributed by atoms with Gasteiger partial charge in [-0.3, -0.25) is 0 Å². The van der Waals surface area contributed by atoms with E-state index in [1.54, 1.807) is 0 Å². The van der Waals surface area contributed by atoms with Gasteiger partial charge in [-0.25, -0.2) is 0 Å². The molecule has 0 bridgehead atoms. The van der Waals surface area contributed by atoms with E-state index >= 15 is 0 Å². The molecular weight excluding hydrogens is 242 g/mol. The molecule has 1 aromatic heterocycles. The van der Waals surface area contributed by atoms with Gasteiger partial charge in [-0.1, -0.05) is 35.6 Å². The molecule has 18 heavy (non-hydrogen) atoms. The van der Waals surface area contributed by atoms with Gasteiger partial charge in [-0.05, 0) is 18.2 Å². The van der Waals surface area contributed by atoms with Gasteiger partial charge >= 0.3 is 0 Å². The van der Waals surface area contributed by atoms with E-state index in [1.165, 1.54) is 20.8 Å². The second kappa shape index (κ2) is 3.82. The van der Waals surface area contributed by atoms with Crippen LogP contribution in [0.25, 0.3) is 20.8 Å². The first-order valence-corrected chi connectivity index (χ1v) is 6.89. The summed E-state index contributed by atoms with van der Waals surface area (Å²) in [7, 11) is 0. The monoisotopic (exact) mass is 254 g/mol. The first-order valence-electron chi connectivity index (χ1n) is 6.07. The zero-order chi connectivity index (χ0) is 11.9. The third-order valence-corrected chi connectivity index (χ3v) is 4.50. The van der Waals surface area contributed by atoms with Gasteiger partial charge in [0.15, 0.2) is 6.54 Å². The second-order valence-corrected chi connectivity index (χ2v) is 5.40. The lowest BCUT2D eigenvalue weighted by Crippen LogP contribution is -2.35. The number of thiazole rings is 1. The minimum absolute atomic E-state index is 0.732. The highest BCUT2D eigenvalue weighted by atomic mass is 32.1. The van der Waals surface area contributed by atoms with Crippen molar-refractivity contribution in [2.45, 2.75) is 6.54 Å². The van der Waals surface area contributed by atoms with Crippen LogP contribution in [-0.2, 0) is 6.54 Å². The highest BCUT2D eigenvalue weighted by molar-refractivity contribution is 7.21. The average molecular weight is 254 g/mol. The molecule has 0 amide bonds. The minimum atomic E-state index is 0.732. The van der Waals surface area contributed by atoms with Crippen LogP contribution in [0.5, 0.6) is 5.75 Å². The molecule has 0 radical (unpaired) electrons. The maximum Gasteiger partial charge on any atom is 0.274 e. The Bertz CT molecular complexity index is 732. The molecule has 0 saturated carbocycles. The topological polar surface area (TPSA) is 13.1 Å². The van der Waals surface area contributed by atoms with Gasteiger partial charge in [0.05, 0.1) is 5.56 Å². The lowest BCUT2D eigenvalue weighted by Gasteiger charge is -2.01. The van der Waals surface area contributed by atoms with Crippen molar-refractivity contribution in [3.8, 4) is 16.3 Å². The maximum atomic E-state index is 5.82. The average Bonchev–Trinajstić information content (AvgIpc) is 2.69. The van der Waals surface area contributed by atoms with Crippen LogP contribution in [0.3, 0.4) is 0 Å². The number of benzene rings is 2. The SMILES string of the molecule is c1ccc2c(c1)OCC[n+]1c-2sc2ccccc21. The summed E-state index contributed by atoms with van der Waals surface area (Å²) in [5.41, 5.74) is 2.51. The highest BCUT2D eigenvalue weighted by Gasteiger charge is 2.26. The van der Waals surface area contributed by atoms with E-state index in [0.29, 0.717) is 0 Å². The van der Waals surface area contributed by atoms with Crippen LogP contribution >= 0.6 is 11.3 Å². The standard InChI is InChI=1S/C15H12NOS/c1-3-7-13-11(5-1)15-16(9-10-17-13)12-6-2-4-8-14(12)18-15/h1-8H,9-10H2/q+1. The first-order chi connectivity index (χ1) is 8.93.